The molecule has 1 saturated heterocycles. The van der Waals surface area contributed by atoms with Crippen LogP contribution in [0.2, 0.25) is 0 Å². The average molecular weight is 346 g/mol. The fourth-order valence-corrected chi connectivity index (χ4v) is 3.40. The Morgan fingerprint density at radius 1 is 1.24 bits per heavy atom. The van der Waals surface area contributed by atoms with E-state index in [1.54, 1.807) is 4.90 Å². The van der Waals surface area contributed by atoms with E-state index in [1.807, 2.05) is 31.2 Å². The molecule has 0 spiro atoms. The molecule has 1 aromatic carbocycles. The van der Waals surface area contributed by atoms with Gasteiger partial charge in [-0.1, -0.05) is 19.1 Å². The lowest BCUT2D eigenvalue weighted by molar-refractivity contribution is -0.143. The number of hydrogen-bond donors (Lipinski definition) is 1. The highest BCUT2D eigenvalue weighted by atomic mass is 16.4. The second-order valence-electron chi connectivity index (χ2n) is 7.27. The highest BCUT2D eigenvalue weighted by Crippen LogP contribution is 2.24. The first-order chi connectivity index (χ1) is 11.8. The summed E-state index contributed by atoms with van der Waals surface area (Å²) in [6, 6.07) is 8.29. The zero-order chi connectivity index (χ0) is 18.6. The fraction of sp³-hybridized carbons (Fsp3) is 0.600. The molecule has 0 aromatic heterocycles. The molecule has 0 saturated carbocycles. The molecule has 1 amide bonds. The number of carbonyl (C=O) groups excluding carboxylic acids is 1. The zero-order valence-electron chi connectivity index (χ0n) is 15.7. The van der Waals surface area contributed by atoms with E-state index in [4.69, 9.17) is 0 Å². The molecule has 1 N–H and O–H groups in total. The summed E-state index contributed by atoms with van der Waals surface area (Å²) >= 11 is 0. The van der Waals surface area contributed by atoms with Gasteiger partial charge in [0.2, 0.25) is 0 Å². The molecule has 1 heterocycles. The molecule has 5 nitrogen and oxygen atoms in total. The Labute approximate surface area is 150 Å². The van der Waals surface area contributed by atoms with Gasteiger partial charge in [0.1, 0.15) is 0 Å². The number of likely N-dealkylation sites (tertiary alicyclic amines) is 1. The van der Waals surface area contributed by atoms with E-state index >= 15 is 0 Å². The van der Waals surface area contributed by atoms with Gasteiger partial charge < -0.3 is 10.0 Å². The van der Waals surface area contributed by atoms with Crippen LogP contribution in [0, 0.1) is 5.92 Å². The molecular weight excluding hydrogens is 316 g/mol. The maximum absolute atomic E-state index is 12.8. The van der Waals surface area contributed by atoms with Gasteiger partial charge in [-0.15, -0.1) is 0 Å². The van der Waals surface area contributed by atoms with Gasteiger partial charge in [-0.2, -0.15) is 0 Å². The summed E-state index contributed by atoms with van der Waals surface area (Å²) in [5, 5.41) is 9.24. The normalized spacial score (nSPS) is 21.0. The predicted molar refractivity (Wildman–Crippen MR) is 98.5 cm³/mol. The SMILES string of the molecule is CCN(Cc1ccc(C(=O)N2CC(C(=O)O)CCC2C)cc1)C(C)C. The van der Waals surface area contributed by atoms with Crippen LogP contribution in [0.5, 0.6) is 0 Å². The molecule has 25 heavy (non-hydrogen) atoms. The number of rotatable bonds is 6. The first-order valence-electron chi connectivity index (χ1n) is 9.20. The third kappa shape index (κ3) is 4.82. The Morgan fingerprint density at radius 2 is 1.88 bits per heavy atom. The number of carboxylic acids is 1. The van der Waals surface area contributed by atoms with E-state index in [2.05, 4.69) is 25.7 Å². The van der Waals surface area contributed by atoms with Gasteiger partial charge in [-0.25, -0.2) is 0 Å². The van der Waals surface area contributed by atoms with Gasteiger partial charge in [-0.05, 0) is 57.9 Å². The number of nitrogens with zero attached hydrogens (tertiary/aromatic N) is 2. The minimum Gasteiger partial charge on any atom is -0.481 e. The van der Waals surface area contributed by atoms with Crippen LogP contribution in [0.25, 0.3) is 0 Å². The largest absolute Gasteiger partial charge is 0.481 e. The minimum atomic E-state index is -0.812. The van der Waals surface area contributed by atoms with Crippen molar-refractivity contribution in [2.75, 3.05) is 13.1 Å². The molecule has 1 fully saturated rings. The average Bonchev–Trinajstić information content (AvgIpc) is 2.59. The molecule has 0 bridgehead atoms. The summed E-state index contributed by atoms with van der Waals surface area (Å²) in [5.74, 6) is -1.34. The van der Waals surface area contributed by atoms with Gasteiger partial charge in [0.25, 0.3) is 5.91 Å². The molecule has 2 atom stereocenters. The number of benzene rings is 1. The molecule has 138 valence electrons. The van der Waals surface area contributed by atoms with E-state index < -0.39 is 11.9 Å². The van der Waals surface area contributed by atoms with Gasteiger partial charge in [0.05, 0.1) is 5.92 Å². The van der Waals surface area contributed by atoms with Crippen molar-refractivity contribution in [2.45, 2.75) is 59.2 Å². The highest BCUT2D eigenvalue weighted by molar-refractivity contribution is 5.94. The van der Waals surface area contributed by atoms with Gasteiger partial charge in [-0.3, -0.25) is 14.5 Å². The maximum atomic E-state index is 12.8. The summed E-state index contributed by atoms with van der Waals surface area (Å²) in [6.45, 7) is 10.6. The summed E-state index contributed by atoms with van der Waals surface area (Å²) in [6.07, 6.45) is 1.38. The van der Waals surface area contributed by atoms with Gasteiger partial charge >= 0.3 is 5.97 Å². The van der Waals surface area contributed by atoms with Crippen molar-refractivity contribution in [3.63, 3.8) is 0 Å². The van der Waals surface area contributed by atoms with E-state index in [0.29, 0.717) is 24.6 Å². The summed E-state index contributed by atoms with van der Waals surface area (Å²) in [5.41, 5.74) is 1.82. The zero-order valence-corrected chi connectivity index (χ0v) is 15.7. The minimum absolute atomic E-state index is 0.0683. The van der Waals surface area contributed by atoms with Crippen molar-refractivity contribution in [3.05, 3.63) is 35.4 Å². The van der Waals surface area contributed by atoms with Gasteiger partial charge in [0, 0.05) is 30.7 Å². The lowest BCUT2D eigenvalue weighted by Gasteiger charge is -2.36. The number of carboxylic acid groups (broad SMARTS) is 1. The van der Waals surface area contributed by atoms with Crippen molar-refractivity contribution in [1.82, 2.24) is 9.80 Å². The van der Waals surface area contributed by atoms with E-state index in [-0.39, 0.29) is 11.9 Å². The molecular formula is C20H30N2O3. The van der Waals surface area contributed by atoms with Crippen LogP contribution in [0.1, 0.15) is 56.5 Å². The number of amides is 1. The molecule has 2 unspecified atom stereocenters. The molecule has 0 radical (unpaired) electrons. The van der Waals surface area contributed by atoms with Crippen LogP contribution in [0.15, 0.2) is 24.3 Å². The summed E-state index contributed by atoms with van der Waals surface area (Å²) in [7, 11) is 0. The van der Waals surface area contributed by atoms with Gasteiger partial charge in [0.15, 0.2) is 0 Å². The Bertz CT molecular complexity index is 597. The molecule has 0 aliphatic carbocycles. The van der Waals surface area contributed by atoms with Crippen molar-refractivity contribution in [1.29, 1.82) is 0 Å². The van der Waals surface area contributed by atoms with E-state index in [0.717, 1.165) is 19.5 Å². The molecule has 1 aromatic rings. The number of carbonyl (C=O) groups is 2. The monoisotopic (exact) mass is 346 g/mol. The topological polar surface area (TPSA) is 60.9 Å². The molecule has 1 aliphatic heterocycles. The first kappa shape index (κ1) is 19.4. The smallest absolute Gasteiger partial charge is 0.308 e. The first-order valence-corrected chi connectivity index (χ1v) is 9.20. The lowest BCUT2D eigenvalue weighted by Crippen LogP contribution is -2.47. The second kappa shape index (κ2) is 8.48. The van der Waals surface area contributed by atoms with Crippen molar-refractivity contribution >= 4 is 11.9 Å². The Morgan fingerprint density at radius 3 is 2.40 bits per heavy atom. The third-order valence-corrected chi connectivity index (χ3v) is 5.22. The lowest BCUT2D eigenvalue weighted by atomic mass is 9.93. The maximum Gasteiger partial charge on any atom is 0.308 e. The van der Waals surface area contributed by atoms with Crippen molar-refractivity contribution < 1.29 is 14.7 Å². The highest BCUT2D eigenvalue weighted by Gasteiger charge is 2.32. The van der Waals surface area contributed by atoms with Crippen molar-refractivity contribution in [2.24, 2.45) is 5.92 Å². The quantitative estimate of drug-likeness (QED) is 0.859. The summed E-state index contributed by atoms with van der Waals surface area (Å²) in [4.78, 5) is 28.1. The van der Waals surface area contributed by atoms with Crippen LogP contribution >= 0.6 is 0 Å². The van der Waals surface area contributed by atoms with E-state index in [9.17, 15) is 14.7 Å². The predicted octanol–water partition coefficient (Wildman–Crippen LogP) is 3.24. The van der Waals surface area contributed by atoms with Crippen LogP contribution in [0.3, 0.4) is 0 Å². The van der Waals surface area contributed by atoms with Crippen LogP contribution in [0.4, 0.5) is 0 Å². The Kier molecular flexibility index (Phi) is 6.59. The number of aliphatic carboxylic acids is 1. The Balaban J connectivity index is 2.07. The fourth-order valence-electron chi connectivity index (χ4n) is 3.40. The van der Waals surface area contributed by atoms with Crippen LogP contribution in [-0.4, -0.2) is 52.0 Å². The van der Waals surface area contributed by atoms with Crippen LogP contribution in [-0.2, 0) is 11.3 Å². The second-order valence-corrected chi connectivity index (χ2v) is 7.27. The number of piperidine rings is 1. The van der Waals surface area contributed by atoms with Crippen LogP contribution < -0.4 is 0 Å². The molecule has 2 rings (SSSR count). The standard InChI is InChI=1S/C20H30N2O3/c1-5-21(14(2)3)12-16-7-10-17(11-8-16)19(23)22-13-18(20(24)25)9-6-15(22)4/h7-8,10-11,14-15,18H,5-6,9,12-13H2,1-4H3,(H,24,25). The Hall–Kier alpha value is -1.88. The molecule has 5 heteroatoms. The molecule has 1 aliphatic rings. The number of hydrogen-bond acceptors (Lipinski definition) is 3. The summed E-state index contributed by atoms with van der Waals surface area (Å²) < 4.78 is 0. The van der Waals surface area contributed by atoms with Crippen molar-refractivity contribution in [3.8, 4) is 0 Å². The van der Waals surface area contributed by atoms with E-state index in [1.165, 1.54) is 5.56 Å². The third-order valence-electron chi connectivity index (χ3n) is 5.22.